The first-order valence-corrected chi connectivity index (χ1v) is 3.92. The normalized spacial score (nSPS) is 9.42. The van der Waals surface area contributed by atoms with Gasteiger partial charge in [-0.25, -0.2) is 4.79 Å². The smallest absolute Gasteiger partial charge is 0.335 e. The number of halogens is 1. The van der Waals surface area contributed by atoms with E-state index in [0.717, 1.165) is 0 Å². The molecule has 1 aromatic carbocycles. The number of aldehydes is 1. The van der Waals surface area contributed by atoms with Gasteiger partial charge < -0.3 is 5.11 Å². The van der Waals surface area contributed by atoms with Gasteiger partial charge in [0.25, 0.3) is 0 Å². The highest BCUT2D eigenvalue weighted by Crippen LogP contribution is 2.16. The Kier molecular flexibility index (Phi) is 2.60. The van der Waals surface area contributed by atoms with Crippen molar-refractivity contribution in [2.24, 2.45) is 0 Å². The molecule has 4 heteroatoms. The van der Waals surface area contributed by atoms with E-state index in [4.69, 9.17) is 5.11 Å². The Morgan fingerprint density at radius 1 is 1.50 bits per heavy atom. The van der Waals surface area contributed by atoms with Gasteiger partial charge in [0.1, 0.15) is 0 Å². The molecule has 0 heterocycles. The Morgan fingerprint density at radius 2 is 2.17 bits per heavy atom. The van der Waals surface area contributed by atoms with Crippen LogP contribution in [0.2, 0.25) is 0 Å². The first-order valence-electron chi connectivity index (χ1n) is 3.13. The highest BCUT2D eigenvalue weighted by Gasteiger charge is 2.05. The summed E-state index contributed by atoms with van der Waals surface area (Å²) >= 11 is 3.12. The summed E-state index contributed by atoms with van der Waals surface area (Å²) < 4.78 is 0.600. The summed E-state index contributed by atoms with van der Waals surface area (Å²) in [5.41, 5.74) is 0.454. The molecule has 12 heavy (non-hydrogen) atoms. The summed E-state index contributed by atoms with van der Waals surface area (Å²) in [5.74, 6) is -1.04. The lowest BCUT2D eigenvalue weighted by Crippen LogP contribution is -1.97. The van der Waals surface area contributed by atoms with E-state index in [1.54, 1.807) is 0 Å². The molecule has 0 amide bonds. The minimum Gasteiger partial charge on any atom is -0.478 e. The molecule has 0 spiro atoms. The van der Waals surface area contributed by atoms with E-state index in [-0.39, 0.29) is 5.56 Å². The van der Waals surface area contributed by atoms with Crippen molar-refractivity contribution in [3.63, 3.8) is 0 Å². The molecular formula is C8H5BrO3. The molecule has 3 nitrogen and oxygen atoms in total. The summed E-state index contributed by atoms with van der Waals surface area (Å²) in [6.45, 7) is 0. The van der Waals surface area contributed by atoms with Gasteiger partial charge in [-0.3, -0.25) is 4.79 Å². The van der Waals surface area contributed by atoms with Crippen molar-refractivity contribution < 1.29 is 14.7 Å². The van der Waals surface area contributed by atoms with Gasteiger partial charge in [0.2, 0.25) is 0 Å². The number of carboxylic acids is 1. The Bertz CT molecular complexity index is 333. The van der Waals surface area contributed by atoms with Gasteiger partial charge in [-0.15, -0.1) is 0 Å². The second-order valence-electron chi connectivity index (χ2n) is 2.16. The van der Waals surface area contributed by atoms with Crippen LogP contribution in [0.15, 0.2) is 22.7 Å². The number of hydrogen-bond acceptors (Lipinski definition) is 2. The fourth-order valence-electron chi connectivity index (χ4n) is 0.767. The molecule has 0 saturated heterocycles. The van der Waals surface area contributed by atoms with Gasteiger partial charge in [-0.2, -0.15) is 0 Å². The molecule has 0 fully saturated rings. The van der Waals surface area contributed by atoms with Crippen LogP contribution in [0.25, 0.3) is 0 Å². The summed E-state index contributed by atoms with van der Waals surface area (Å²) in [5, 5.41) is 8.56. The third-order valence-corrected chi connectivity index (χ3v) is 2.09. The van der Waals surface area contributed by atoms with E-state index in [0.29, 0.717) is 16.3 Å². The standard InChI is InChI=1S/C8H5BrO3/c9-7-2-1-5(8(11)12)3-6(7)4-10/h1-4H,(H,11,12). The molecule has 0 atom stereocenters. The molecule has 1 aromatic rings. The van der Waals surface area contributed by atoms with Gasteiger partial charge in [-0.05, 0) is 18.2 Å². The molecular weight excluding hydrogens is 224 g/mol. The highest BCUT2D eigenvalue weighted by molar-refractivity contribution is 9.10. The maximum absolute atomic E-state index is 10.4. The third kappa shape index (κ3) is 1.71. The lowest BCUT2D eigenvalue weighted by atomic mass is 10.1. The van der Waals surface area contributed by atoms with Crippen molar-refractivity contribution >= 4 is 28.2 Å². The zero-order chi connectivity index (χ0) is 9.14. The van der Waals surface area contributed by atoms with E-state index in [1.807, 2.05) is 0 Å². The quantitative estimate of drug-likeness (QED) is 0.788. The van der Waals surface area contributed by atoms with Crippen LogP contribution in [0.5, 0.6) is 0 Å². The molecule has 1 rings (SSSR count). The first kappa shape index (κ1) is 8.93. The maximum Gasteiger partial charge on any atom is 0.335 e. The summed E-state index contributed by atoms with van der Waals surface area (Å²) in [6.07, 6.45) is 0.608. The average molecular weight is 229 g/mol. The molecule has 0 saturated carbocycles. The molecule has 0 radical (unpaired) electrons. The second-order valence-corrected chi connectivity index (χ2v) is 3.01. The van der Waals surface area contributed by atoms with Gasteiger partial charge in [0.05, 0.1) is 5.56 Å². The van der Waals surface area contributed by atoms with Crippen molar-refractivity contribution in [1.29, 1.82) is 0 Å². The van der Waals surface area contributed by atoms with Crippen molar-refractivity contribution in [3.8, 4) is 0 Å². The molecule has 0 unspecified atom stereocenters. The van der Waals surface area contributed by atoms with Crippen LogP contribution in [0.4, 0.5) is 0 Å². The van der Waals surface area contributed by atoms with E-state index < -0.39 is 5.97 Å². The fraction of sp³-hybridized carbons (Fsp3) is 0. The molecule has 0 aliphatic rings. The fourth-order valence-corrected chi connectivity index (χ4v) is 1.11. The van der Waals surface area contributed by atoms with Crippen molar-refractivity contribution in [1.82, 2.24) is 0 Å². The number of carbonyl (C=O) groups is 2. The monoisotopic (exact) mass is 228 g/mol. The predicted octanol–water partition coefficient (Wildman–Crippen LogP) is 1.96. The predicted molar refractivity (Wildman–Crippen MR) is 46.5 cm³/mol. The SMILES string of the molecule is O=Cc1cc(C(=O)O)ccc1Br. The van der Waals surface area contributed by atoms with Gasteiger partial charge in [-0.1, -0.05) is 15.9 Å². The Morgan fingerprint density at radius 3 is 2.67 bits per heavy atom. The Balaban J connectivity index is 3.22. The van der Waals surface area contributed by atoms with Crippen LogP contribution in [-0.2, 0) is 0 Å². The van der Waals surface area contributed by atoms with Crippen LogP contribution >= 0.6 is 15.9 Å². The summed E-state index contributed by atoms with van der Waals surface area (Å²) in [4.78, 5) is 20.8. The van der Waals surface area contributed by atoms with Crippen LogP contribution in [0.1, 0.15) is 20.7 Å². The number of hydrogen-bond donors (Lipinski definition) is 1. The number of benzene rings is 1. The topological polar surface area (TPSA) is 54.4 Å². The third-order valence-electron chi connectivity index (χ3n) is 1.37. The summed E-state index contributed by atoms with van der Waals surface area (Å²) in [6, 6.07) is 4.28. The van der Waals surface area contributed by atoms with Gasteiger partial charge in [0, 0.05) is 10.0 Å². The van der Waals surface area contributed by atoms with Crippen molar-refractivity contribution in [2.75, 3.05) is 0 Å². The highest BCUT2D eigenvalue weighted by atomic mass is 79.9. The molecule has 0 bridgehead atoms. The Labute approximate surface area is 77.1 Å². The van der Waals surface area contributed by atoms with E-state index in [9.17, 15) is 9.59 Å². The second kappa shape index (κ2) is 3.49. The van der Waals surface area contributed by atoms with Crippen LogP contribution in [-0.4, -0.2) is 17.4 Å². The van der Waals surface area contributed by atoms with E-state index >= 15 is 0 Å². The molecule has 0 aliphatic carbocycles. The zero-order valence-electron chi connectivity index (χ0n) is 5.95. The van der Waals surface area contributed by atoms with E-state index in [1.165, 1.54) is 18.2 Å². The first-order chi connectivity index (χ1) is 5.65. The minimum atomic E-state index is -1.04. The van der Waals surface area contributed by atoms with Crippen molar-refractivity contribution in [3.05, 3.63) is 33.8 Å². The lowest BCUT2D eigenvalue weighted by molar-refractivity contribution is 0.0697. The molecule has 62 valence electrons. The van der Waals surface area contributed by atoms with Crippen LogP contribution in [0.3, 0.4) is 0 Å². The number of carboxylic acid groups (broad SMARTS) is 1. The largest absolute Gasteiger partial charge is 0.478 e. The molecule has 0 aromatic heterocycles. The lowest BCUT2D eigenvalue weighted by Gasteiger charge is -1.97. The number of carbonyl (C=O) groups excluding carboxylic acids is 1. The van der Waals surface area contributed by atoms with Crippen LogP contribution in [0, 0.1) is 0 Å². The minimum absolute atomic E-state index is 0.111. The average Bonchev–Trinajstić information content (AvgIpc) is 2.05. The zero-order valence-corrected chi connectivity index (χ0v) is 7.54. The maximum atomic E-state index is 10.4. The molecule has 1 N–H and O–H groups in total. The number of aromatic carboxylic acids is 1. The van der Waals surface area contributed by atoms with Gasteiger partial charge >= 0.3 is 5.97 Å². The molecule has 0 aliphatic heterocycles. The Hall–Kier alpha value is -1.16. The van der Waals surface area contributed by atoms with E-state index in [2.05, 4.69) is 15.9 Å². The van der Waals surface area contributed by atoms with Crippen LogP contribution < -0.4 is 0 Å². The van der Waals surface area contributed by atoms with Gasteiger partial charge in [0.15, 0.2) is 6.29 Å². The van der Waals surface area contributed by atoms with Crippen molar-refractivity contribution in [2.45, 2.75) is 0 Å². The summed E-state index contributed by atoms with van der Waals surface area (Å²) in [7, 11) is 0. The number of rotatable bonds is 2.